The second kappa shape index (κ2) is 6.04. The van der Waals surface area contributed by atoms with Gasteiger partial charge in [0.25, 0.3) is 5.91 Å². The molecule has 0 fully saturated rings. The Morgan fingerprint density at radius 3 is 2.95 bits per heavy atom. The molecule has 0 bridgehead atoms. The van der Waals surface area contributed by atoms with Crippen LogP contribution < -0.4 is 10.2 Å². The van der Waals surface area contributed by atoms with Crippen molar-refractivity contribution in [2.24, 2.45) is 0 Å². The minimum atomic E-state index is -0.0520. The van der Waals surface area contributed by atoms with Crippen molar-refractivity contribution in [1.29, 1.82) is 0 Å². The van der Waals surface area contributed by atoms with E-state index in [4.69, 9.17) is 0 Å². The Kier molecular flexibility index (Phi) is 4.18. The normalized spacial score (nSPS) is 10.2. The van der Waals surface area contributed by atoms with Crippen LogP contribution in [0.25, 0.3) is 0 Å². The molecule has 2 aromatic rings. The highest BCUT2D eigenvalue weighted by molar-refractivity contribution is 5.95. The number of benzene rings is 1. The molecule has 1 aromatic heterocycles. The Balaban J connectivity index is 1.90. The van der Waals surface area contributed by atoms with Gasteiger partial charge < -0.3 is 14.8 Å². The van der Waals surface area contributed by atoms with Crippen LogP contribution in [0.1, 0.15) is 10.4 Å². The number of carbonyl (C=O) groups is 1. The molecule has 0 aliphatic carbocycles. The van der Waals surface area contributed by atoms with E-state index >= 15 is 0 Å². The van der Waals surface area contributed by atoms with Crippen LogP contribution >= 0.6 is 0 Å². The Labute approximate surface area is 112 Å². The monoisotopic (exact) mass is 258 g/mol. The van der Waals surface area contributed by atoms with Crippen LogP contribution in [0.3, 0.4) is 0 Å². The van der Waals surface area contributed by atoms with Crippen molar-refractivity contribution in [3.63, 3.8) is 0 Å². The maximum atomic E-state index is 12.0. The van der Waals surface area contributed by atoms with E-state index in [0.717, 1.165) is 12.2 Å². The smallest absolute Gasteiger partial charge is 0.251 e. The maximum absolute atomic E-state index is 12.0. The van der Waals surface area contributed by atoms with Crippen molar-refractivity contribution in [3.05, 3.63) is 48.5 Å². The van der Waals surface area contributed by atoms with E-state index in [9.17, 15) is 4.79 Å². The van der Waals surface area contributed by atoms with E-state index in [1.807, 2.05) is 54.0 Å². The number of aromatic nitrogens is 2. The van der Waals surface area contributed by atoms with Gasteiger partial charge in [-0.15, -0.1) is 0 Å². The first-order valence-electron chi connectivity index (χ1n) is 6.18. The lowest BCUT2D eigenvalue weighted by Gasteiger charge is -2.13. The van der Waals surface area contributed by atoms with Crippen molar-refractivity contribution in [2.75, 3.05) is 25.5 Å². The SMILES string of the molecule is CN(C)c1cccc(C(=O)NCCn2ccnc2)c1. The minimum absolute atomic E-state index is 0.0520. The fourth-order valence-electron chi connectivity index (χ4n) is 1.74. The molecule has 0 radical (unpaired) electrons. The van der Waals surface area contributed by atoms with E-state index in [-0.39, 0.29) is 5.91 Å². The van der Waals surface area contributed by atoms with Crippen LogP contribution in [0.4, 0.5) is 5.69 Å². The zero-order valence-electron chi connectivity index (χ0n) is 11.2. The molecule has 19 heavy (non-hydrogen) atoms. The molecule has 100 valence electrons. The molecule has 1 aromatic carbocycles. The second-order valence-corrected chi connectivity index (χ2v) is 4.50. The molecule has 2 rings (SSSR count). The molecule has 1 N–H and O–H groups in total. The number of hydrogen-bond acceptors (Lipinski definition) is 3. The van der Waals surface area contributed by atoms with Crippen LogP contribution in [0.2, 0.25) is 0 Å². The van der Waals surface area contributed by atoms with Gasteiger partial charge in [-0.05, 0) is 18.2 Å². The Morgan fingerprint density at radius 1 is 1.42 bits per heavy atom. The number of hydrogen-bond donors (Lipinski definition) is 1. The quantitative estimate of drug-likeness (QED) is 0.881. The highest BCUT2D eigenvalue weighted by Gasteiger charge is 2.06. The summed E-state index contributed by atoms with van der Waals surface area (Å²) in [5.74, 6) is -0.0520. The van der Waals surface area contributed by atoms with Crippen molar-refractivity contribution in [1.82, 2.24) is 14.9 Å². The second-order valence-electron chi connectivity index (χ2n) is 4.50. The first-order chi connectivity index (χ1) is 9.16. The molecule has 5 heteroatoms. The van der Waals surface area contributed by atoms with E-state index < -0.39 is 0 Å². The fourth-order valence-corrected chi connectivity index (χ4v) is 1.74. The number of rotatable bonds is 5. The number of amides is 1. The lowest BCUT2D eigenvalue weighted by Crippen LogP contribution is -2.27. The van der Waals surface area contributed by atoms with Crippen LogP contribution in [-0.4, -0.2) is 36.1 Å². The molecule has 0 saturated heterocycles. The third kappa shape index (κ3) is 3.58. The first kappa shape index (κ1) is 13.1. The van der Waals surface area contributed by atoms with Gasteiger partial charge in [0.2, 0.25) is 0 Å². The molecule has 1 heterocycles. The molecule has 0 unspecified atom stereocenters. The summed E-state index contributed by atoms with van der Waals surface area (Å²) in [4.78, 5) is 17.9. The van der Waals surface area contributed by atoms with Crippen LogP contribution in [0.5, 0.6) is 0 Å². The van der Waals surface area contributed by atoms with E-state index in [2.05, 4.69) is 10.3 Å². The largest absolute Gasteiger partial charge is 0.378 e. The molecule has 1 amide bonds. The molecule has 0 saturated carbocycles. The summed E-state index contributed by atoms with van der Waals surface area (Å²) in [6.07, 6.45) is 5.33. The highest BCUT2D eigenvalue weighted by Crippen LogP contribution is 2.13. The predicted molar refractivity (Wildman–Crippen MR) is 75.3 cm³/mol. The lowest BCUT2D eigenvalue weighted by molar-refractivity contribution is 0.0952. The third-order valence-corrected chi connectivity index (χ3v) is 2.84. The van der Waals surface area contributed by atoms with Gasteiger partial charge in [0.05, 0.1) is 6.33 Å². The average molecular weight is 258 g/mol. The standard InChI is InChI=1S/C14H18N4O/c1-17(2)13-5-3-4-12(10-13)14(19)16-7-9-18-8-6-15-11-18/h3-6,8,10-11H,7,9H2,1-2H3,(H,16,19). The number of imidazole rings is 1. The number of anilines is 1. The molecule has 0 aliphatic rings. The van der Waals surface area contributed by atoms with Gasteiger partial charge in [-0.3, -0.25) is 4.79 Å². The zero-order valence-corrected chi connectivity index (χ0v) is 11.2. The predicted octanol–water partition coefficient (Wildman–Crippen LogP) is 1.38. The Morgan fingerprint density at radius 2 is 2.26 bits per heavy atom. The van der Waals surface area contributed by atoms with Gasteiger partial charge in [-0.1, -0.05) is 6.07 Å². The van der Waals surface area contributed by atoms with Crippen molar-refractivity contribution < 1.29 is 4.79 Å². The van der Waals surface area contributed by atoms with Gasteiger partial charge in [-0.2, -0.15) is 0 Å². The average Bonchev–Trinajstić information content (AvgIpc) is 2.92. The summed E-state index contributed by atoms with van der Waals surface area (Å²) in [5.41, 5.74) is 1.69. The number of carbonyl (C=O) groups excluding carboxylic acids is 1. The summed E-state index contributed by atoms with van der Waals surface area (Å²) < 4.78 is 1.93. The minimum Gasteiger partial charge on any atom is -0.378 e. The summed E-state index contributed by atoms with van der Waals surface area (Å²) >= 11 is 0. The topological polar surface area (TPSA) is 50.2 Å². The van der Waals surface area contributed by atoms with Crippen molar-refractivity contribution in [2.45, 2.75) is 6.54 Å². The molecule has 5 nitrogen and oxygen atoms in total. The Hall–Kier alpha value is -2.30. The fraction of sp³-hybridized carbons (Fsp3) is 0.286. The number of nitrogens with zero attached hydrogens (tertiary/aromatic N) is 3. The summed E-state index contributed by atoms with van der Waals surface area (Å²) in [6, 6.07) is 7.56. The van der Waals surface area contributed by atoms with Gasteiger partial charge in [0.1, 0.15) is 0 Å². The van der Waals surface area contributed by atoms with Crippen LogP contribution in [0, 0.1) is 0 Å². The first-order valence-corrected chi connectivity index (χ1v) is 6.18. The summed E-state index contributed by atoms with van der Waals surface area (Å²) in [5, 5.41) is 2.90. The highest BCUT2D eigenvalue weighted by atomic mass is 16.1. The summed E-state index contributed by atoms with van der Waals surface area (Å²) in [6.45, 7) is 1.31. The Bertz CT molecular complexity index is 534. The maximum Gasteiger partial charge on any atom is 0.251 e. The lowest BCUT2D eigenvalue weighted by atomic mass is 10.2. The van der Waals surface area contributed by atoms with Gasteiger partial charge in [-0.25, -0.2) is 4.98 Å². The van der Waals surface area contributed by atoms with E-state index in [1.54, 1.807) is 12.5 Å². The van der Waals surface area contributed by atoms with Gasteiger partial charge in [0, 0.05) is 50.8 Å². The molecular weight excluding hydrogens is 240 g/mol. The van der Waals surface area contributed by atoms with Gasteiger partial charge in [0.15, 0.2) is 0 Å². The molecule has 0 spiro atoms. The summed E-state index contributed by atoms with van der Waals surface area (Å²) in [7, 11) is 3.91. The van der Waals surface area contributed by atoms with E-state index in [0.29, 0.717) is 12.1 Å². The number of nitrogens with one attached hydrogen (secondary N) is 1. The zero-order chi connectivity index (χ0) is 13.7. The van der Waals surface area contributed by atoms with Crippen molar-refractivity contribution >= 4 is 11.6 Å². The van der Waals surface area contributed by atoms with Crippen molar-refractivity contribution in [3.8, 4) is 0 Å². The van der Waals surface area contributed by atoms with Gasteiger partial charge >= 0.3 is 0 Å². The van der Waals surface area contributed by atoms with E-state index in [1.165, 1.54) is 0 Å². The van der Waals surface area contributed by atoms with Crippen LogP contribution in [-0.2, 0) is 6.54 Å². The molecule has 0 atom stereocenters. The molecular formula is C14H18N4O. The van der Waals surface area contributed by atoms with Crippen LogP contribution in [0.15, 0.2) is 43.0 Å². The molecule has 0 aliphatic heterocycles. The third-order valence-electron chi connectivity index (χ3n) is 2.84.